The Morgan fingerprint density at radius 1 is 1.30 bits per heavy atom. The molecule has 0 fully saturated rings. The Hall–Kier alpha value is -1.64. The Morgan fingerprint density at radius 3 is 2.70 bits per heavy atom. The van der Waals surface area contributed by atoms with Gasteiger partial charge in [-0.3, -0.25) is 0 Å². The van der Waals surface area contributed by atoms with Gasteiger partial charge in [-0.2, -0.15) is 0 Å². The summed E-state index contributed by atoms with van der Waals surface area (Å²) in [5, 5.41) is 5.32. The van der Waals surface area contributed by atoms with Crippen molar-refractivity contribution >= 4 is 21.7 Å². The molecule has 0 saturated carbocycles. The van der Waals surface area contributed by atoms with E-state index in [0.29, 0.717) is 31.7 Å². The summed E-state index contributed by atoms with van der Waals surface area (Å²) in [6.45, 7) is 1.08. The molecule has 0 atom stereocenters. The molecule has 1 rings (SSSR count). The van der Waals surface area contributed by atoms with Gasteiger partial charge in [0.15, 0.2) is 0 Å². The fourth-order valence-corrected chi connectivity index (χ4v) is 2.01. The lowest BCUT2D eigenvalue weighted by molar-refractivity contribution is 0.252. The molecule has 0 saturated heterocycles. The molecule has 0 radical (unpaired) electrons. The summed E-state index contributed by atoms with van der Waals surface area (Å²) in [5.41, 5.74) is 7.11. The lowest BCUT2D eigenvalue weighted by atomic mass is 10.2. The number of amides is 2. The molecule has 0 aliphatic heterocycles. The normalized spacial score (nSPS) is 11.1. The lowest BCUT2D eigenvalue weighted by Gasteiger charge is -2.08. The van der Waals surface area contributed by atoms with Crippen molar-refractivity contribution < 1.29 is 13.2 Å². The number of nitrogens with two attached hydrogens (primary N) is 1. The number of hydrogen-bond donors (Lipinski definition) is 4. The van der Waals surface area contributed by atoms with Crippen LogP contribution in [-0.4, -0.2) is 33.8 Å². The second kappa shape index (κ2) is 7.83. The number of benzene rings is 1. The minimum Gasteiger partial charge on any atom is -0.338 e. The van der Waals surface area contributed by atoms with E-state index in [0.717, 1.165) is 11.8 Å². The third-order valence-corrected chi connectivity index (χ3v) is 3.15. The molecule has 0 aliphatic rings. The van der Waals surface area contributed by atoms with E-state index in [9.17, 15) is 13.2 Å². The number of urea groups is 1. The zero-order chi connectivity index (χ0) is 15.0. The van der Waals surface area contributed by atoms with Crippen LogP contribution in [-0.2, 0) is 16.6 Å². The van der Waals surface area contributed by atoms with Crippen molar-refractivity contribution in [3.63, 3.8) is 0 Å². The van der Waals surface area contributed by atoms with Crippen LogP contribution in [0.5, 0.6) is 0 Å². The first kappa shape index (κ1) is 16.4. The molecule has 0 spiro atoms. The number of nitrogens with one attached hydrogen (secondary N) is 3. The zero-order valence-corrected chi connectivity index (χ0v) is 12.2. The molecule has 0 aromatic heterocycles. The molecular weight excluding hydrogens is 280 g/mol. The highest BCUT2D eigenvalue weighted by Gasteiger charge is 2.02. The second-order valence-corrected chi connectivity index (χ2v) is 6.14. The molecule has 1 aromatic rings. The molecule has 0 unspecified atom stereocenters. The molecule has 112 valence electrons. The smallest absolute Gasteiger partial charge is 0.319 e. The molecule has 0 aliphatic carbocycles. The van der Waals surface area contributed by atoms with Crippen LogP contribution in [0.1, 0.15) is 12.0 Å². The lowest BCUT2D eigenvalue weighted by Crippen LogP contribution is -2.32. The summed E-state index contributed by atoms with van der Waals surface area (Å²) >= 11 is 0. The number of carbonyl (C=O) groups excluding carboxylic acids is 1. The van der Waals surface area contributed by atoms with Crippen LogP contribution in [0.2, 0.25) is 0 Å². The number of hydrogen-bond acceptors (Lipinski definition) is 4. The largest absolute Gasteiger partial charge is 0.338 e. The van der Waals surface area contributed by atoms with Crippen molar-refractivity contribution in [2.24, 2.45) is 5.73 Å². The van der Waals surface area contributed by atoms with Crippen molar-refractivity contribution in [3.05, 3.63) is 29.8 Å². The second-order valence-electron chi connectivity index (χ2n) is 4.31. The zero-order valence-electron chi connectivity index (χ0n) is 11.3. The van der Waals surface area contributed by atoms with Crippen LogP contribution < -0.4 is 21.1 Å². The van der Waals surface area contributed by atoms with Gasteiger partial charge in [-0.25, -0.2) is 17.9 Å². The minimum atomic E-state index is -3.17. The molecule has 8 heteroatoms. The molecule has 20 heavy (non-hydrogen) atoms. The number of carbonyl (C=O) groups is 1. The minimum absolute atomic E-state index is 0.293. The number of sulfonamides is 1. The van der Waals surface area contributed by atoms with Crippen molar-refractivity contribution in [2.45, 2.75) is 13.0 Å². The van der Waals surface area contributed by atoms with Crippen molar-refractivity contribution in [1.82, 2.24) is 10.0 Å². The van der Waals surface area contributed by atoms with Crippen molar-refractivity contribution in [3.8, 4) is 0 Å². The maximum absolute atomic E-state index is 11.6. The summed E-state index contributed by atoms with van der Waals surface area (Å²) in [5.74, 6) is 0. The first-order valence-electron chi connectivity index (χ1n) is 6.19. The predicted octanol–water partition coefficient (Wildman–Crippen LogP) is 0.206. The van der Waals surface area contributed by atoms with Gasteiger partial charge in [0, 0.05) is 25.3 Å². The Balaban J connectivity index is 2.26. The van der Waals surface area contributed by atoms with Gasteiger partial charge < -0.3 is 16.4 Å². The van der Waals surface area contributed by atoms with Gasteiger partial charge in [-0.05, 0) is 24.1 Å². The molecule has 1 aromatic carbocycles. The molecule has 7 nitrogen and oxygen atoms in total. The quantitative estimate of drug-likeness (QED) is 0.539. The maximum atomic E-state index is 11.6. The average molecular weight is 300 g/mol. The van der Waals surface area contributed by atoms with Crippen LogP contribution in [0.4, 0.5) is 10.5 Å². The van der Waals surface area contributed by atoms with E-state index in [2.05, 4.69) is 15.4 Å². The summed E-state index contributed by atoms with van der Waals surface area (Å²) in [7, 11) is -3.17. The van der Waals surface area contributed by atoms with Gasteiger partial charge in [0.05, 0.1) is 6.26 Å². The Morgan fingerprint density at radius 2 is 2.05 bits per heavy atom. The van der Waals surface area contributed by atoms with Crippen molar-refractivity contribution in [1.29, 1.82) is 0 Å². The third kappa shape index (κ3) is 7.07. The number of anilines is 1. The summed E-state index contributed by atoms with van der Waals surface area (Å²) < 4.78 is 24.0. The van der Waals surface area contributed by atoms with E-state index in [1.54, 1.807) is 12.1 Å². The summed E-state index contributed by atoms with van der Waals surface area (Å²) in [4.78, 5) is 11.6. The highest BCUT2D eigenvalue weighted by molar-refractivity contribution is 7.88. The first-order valence-corrected chi connectivity index (χ1v) is 8.08. The summed E-state index contributed by atoms with van der Waals surface area (Å²) in [6, 6.07) is 6.92. The van der Waals surface area contributed by atoms with E-state index < -0.39 is 10.0 Å². The van der Waals surface area contributed by atoms with E-state index in [4.69, 9.17) is 5.73 Å². The molecule has 5 N–H and O–H groups in total. The molecular formula is C12H20N4O3S. The van der Waals surface area contributed by atoms with Gasteiger partial charge in [-0.15, -0.1) is 0 Å². The fourth-order valence-electron chi connectivity index (χ4n) is 1.50. The van der Waals surface area contributed by atoms with Gasteiger partial charge >= 0.3 is 6.03 Å². The van der Waals surface area contributed by atoms with E-state index in [1.165, 1.54) is 0 Å². The molecule has 0 bridgehead atoms. The summed E-state index contributed by atoms with van der Waals surface area (Å²) in [6.07, 6.45) is 1.61. The maximum Gasteiger partial charge on any atom is 0.319 e. The Kier molecular flexibility index (Phi) is 6.43. The number of rotatable bonds is 7. The Bertz CT molecular complexity index is 545. The third-order valence-electron chi connectivity index (χ3n) is 2.42. The first-order chi connectivity index (χ1) is 9.40. The van der Waals surface area contributed by atoms with Crippen LogP contribution in [0.25, 0.3) is 0 Å². The molecule has 2 amide bonds. The van der Waals surface area contributed by atoms with E-state index >= 15 is 0 Å². The highest BCUT2D eigenvalue weighted by Crippen LogP contribution is 2.09. The molecule has 0 heterocycles. The average Bonchev–Trinajstić information content (AvgIpc) is 2.37. The topological polar surface area (TPSA) is 113 Å². The van der Waals surface area contributed by atoms with Gasteiger partial charge in [0.1, 0.15) is 0 Å². The van der Waals surface area contributed by atoms with Crippen LogP contribution in [0.3, 0.4) is 0 Å². The van der Waals surface area contributed by atoms with Crippen LogP contribution >= 0.6 is 0 Å². The van der Waals surface area contributed by atoms with Gasteiger partial charge in [-0.1, -0.05) is 12.1 Å². The van der Waals surface area contributed by atoms with E-state index in [-0.39, 0.29) is 6.03 Å². The highest BCUT2D eigenvalue weighted by atomic mass is 32.2. The SMILES string of the molecule is CS(=O)(=O)NCCCNC(=O)Nc1cccc(CN)c1. The van der Waals surface area contributed by atoms with Crippen molar-refractivity contribution in [2.75, 3.05) is 24.7 Å². The standard InChI is InChI=1S/C12H20N4O3S/c1-20(18,19)15-7-3-6-14-12(17)16-11-5-2-4-10(8-11)9-13/h2,4-5,8,15H,3,6-7,9,13H2,1H3,(H2,14,16,17). The van der Waals surface area contributed by atoms with E-state index in [1.807, 2.05) is 12.1 Å². The van der Waals surface area contributed by atoms with Gasteiger partial charge in [0.25, 0.3) is 0 Å². The Labute approximate surface area is 119 Å². The van der Waals surface area contributed by atoms with Crippen LogP contribution in [0, 0.1) is 0 Å². The van der Waals surface area contributed by atoms with Crippen LogP contribution in [0.15, 0.2) is 24.3 Å². The monoisotopic (exact) mass is 300 g/mol. The van der Waals surface area contributed by atoms with Gasteiger partial charge in [0.2, 0.25) is 10.0 Å². The predicted molar refractivity (Wildman–Crippen MR) is 78.8 cm³/mol. The fraction of sp³-hybridized carbons (Fsp3) is 0.417.